The van der Waals surface area contributed by atoms with Gasteiger partial charge in [-0.15, -0.1) is 0 Å². The van der Waals surface area contributed by atoms with Crippen molar-refractivity contribution in [3.63, 3.8) is 0 Å². The van der Waals surface area contributed by atoms with Crippen LogP contribution in [0.3, 0.4) is 0 Å². The third-order valence-electron chi connectivity index (χ3n) is 1.40. The maximum Gasteiger partial charge on any atom is 0.360 e. The number of hydrogen-bond acceptors (Lipinski definition) is 5. The summed E-state index contributed by atoms with van der Waals surface area (Å²) in [6.45, 7) is 0. The number of esters is 1. The smallest absolute Gasteiger partial charge is 0.360 e. The Labute approximate surface area is 72.5 Å². The standard InChI is InChI=1S/C6H7N3O4/c1-13-6(12)4-2(7)3(5(10)11)8-9-4/h7H2,1H3,(H,8,9)(H,10,11). The maximum absolute atomic E-state index is 10.9. The van der Waals surface area contributed by atoms with E-state index < -0.39 is 11.9 Å². The lowest BCUT2D eigenvalue weighted by atomic mass is 10.3. The predicted octanol–water partition coefficient (Wildman–Crippen LogP) is -0.523. The number of nitrogen functional groups attached to an aromatic ring is 1. The van der Waals surface area contributed by atoms with Gasteiger partial charge in [-0.3, -0.25) is 5.10 Å². The molecule has 1 aromatic heterocycles. The van der Waals surface area contributed by atoms with Crippen molar-refractivity contribution in [2.24, 2.45) is 0 Å². The van der Waals surface area contributed by atoms with Gasteiger partial charge >= 0.3 is 11.9 Å². The van der Waals surface area contributed by atoms with Crippen molar-refractivity contribution in [2.45, 2.75) is 0 Å². The summed E-state index contributed by atoms with van der Waals surface area (Å²) in [5, 5.41) is 14.0. The van der Waals surface area contributed by atoms with Gasteiger partial charge in [0.05, 0.1) is 12.8 Å². The Bertz CT molecular complexity index is 357. The van der Waals surface area contributed by atoms with Crippen molar-refractivity contribution < 1.29 is 19.4 Å². The van der Waals surface area contributed by atoms with E-state index in [0.717, 1.165) is 7.11 Å². The Morgan fingerprint density at radius 3 is 2.62 bits per heavy atom. The first-order valence-electron chi connectivity index (χ1n) is 3.23. The molecule has 1 heterocycles. The number of carbonyl (C=O) groups excluding carboxylic acids is 1. The fraction of sp³-hybridized carbons (Fsp3) is 0.167. The summed E-state index contributed by atoms with van der Waals surface area (Å²) >= 11 is 0. The number of rotatable bonds is 2. The zero-order valence-corrected chi connectivity index (χ0v) is 6.70. The molecular formula is C6H7N3O4. The average Bonchev–Trinajstić information content (AvgIpc) is 2.46. The second-order valence-electron chi connectivity index (χ2n) is 2.16. The van der Waals surface area contributed by atoms with Crippen molar-refractivity contribution in [1.82, 2.24) is 10.2 Å². The molecule has 0 aliphatic carbocycles. The summed E-state index contributed by atoms with van der Waals surface area (Å²) in [5.41, 5.74) is 4.54. The van der Waals surface area contributed by atoms with Crippen molar-refractivity contribution in [3.05, 3.63) is 11.4 Å². The molecule has 0 aromatic carbocycles. The number of methoxy groups -OCH3 is 1. The Hall–Kier alpha value is -2.05. The lowest BCUT2D eigenvalue weighted by Gasteiger charge is -1.94. The van der Waals surface area contributed by atoms with Crippen LogP contribution < -0.4 is 5.73 Å². The van der Waals surface area contributed by atoms with Crippen LogP contribution in [-0.4, -0.2) is 34.4 Å². The SMILES string of the molecule is COC(=O)c1n[nH]c(C(=O)O)c1N. The van der Waals surface area contributed by atoms with Crippen LogP contribution in [0.25, 0.3) is 0 Å². The van der Waals surface area contributed by atoms with E-state index in [1.807, 2.05) is 0 Å². The maximum atomic E-state index is 10.9. The summed E-state index contributed by atoms with van der Waals surface area (Å²) in [4.78, 5) is 21.3. The predicted molar refractivity (Wildman–Crippen MR) is 41.3 cm³/mol. The van der Waals surface area contributed by atoms with E-state index in [-0.39, 0.29) is 17.1 Å². The third kappa shape index (κ3) is 1.43. The number of anilines is 1. The highest BCUT2D eigenvalue weighted by Crippen LogP contribution is 2.14. The number of nitrogens with one attached hydrogen (secondary N) is 1. The molecule has 0 spiro atoms. The van der Waals surface area contributed by atoms with Gasteiger partial charge in [-0.05, 0) is 0 Å². The van der Waals surface area contributed by atoms with Gasteiger partial charge in [0, 0.05) is 0 Å². The van der Waals surface area contributed by atoms with Crippen molar-refractivity contribution in [1.29, 1.82) is 0 Å². The largest absolute Gasteiger partial charge is 0.476 e. The number of aromatic carboxylic acids is 1. The second-order valence-corrected chi connectivity index (χ2v) is 2.16. The third-order valence-corrected chi connectivity index (χ3v) is 1.40. The van der Waals surface area contributed by atoms with E-state index in [1.54, 1.807) is 0 Å². The average molecular weight is 185 g/mol. The van der Waals surface area contributed by atoms with Crippen LogP contribution in [0.15, 0.2) is 0 Å². The van der Waals surface area contributed by atoms with Crippen LogP contribution in [0.1, 0.15) is 21.0 Å². The van der Waals surface area contributed by atoms with Gasteiger partial charge in [0.2, 0.25) is 0 Å². The highest BCUT2D eigenvalue weighted by Gasteiger charge is 2.21. The summed E-state index contributed by atoms with van der Waals surface area (Å²) in [6.07, 6.45) is 0. The first-order chi connectivity index (χ1) is 6.07. The topological polar surface area (TPSA) is 118 Å². The molecule has 7 heteroatoms. The lowest BCUT2D eigenvalue weighted by molar-refractivity contribution is 0.0594. The molecular weight excluding hydrogens is 178 g/mol. The fourth-order valence-electron chi connectivity index (χ4n) is 0.766. The Morgan fingerprint density at radius 2 is 2.23 bits per heavy atom. The number of aromatic amines is 1. The number of ether oxygens (including phenoxy) is 1. The van der Waals surface area contributed by atoms with Crippen LogP contribution >= 0.6 is 0 Å². The molecule has 0 radical (unpaired) electrons. The van der Waals surface area contributed by atoms with E-state index in [1.165, 1.54) is 0 Å². The number of nitrogens with two attached hydrogens (primary N) is 1. The molecule has 0 fully saturated rings. The molecule has 1 rings (SSSR count). The van der Waals surface area contributed by atoms with Gasteiger partial charge in [-0.25, -0.2) is 9.59 Å². The van der Waals surface area contributed by atoms with E-state index in [9.17, 15) is 9.59 Å². The van der Waals surface area contributed by atoms with Crippen LogP contribution in [0.2, 0.25) is 0 Å². The first-order valence-corrected chi connectivity index (χ1v) is 3.23. The van der Waals surface area contributed by atoms with Crippen LogP contribution in [0.4, 0.5) is 5.69 Å². The minimum Gasteiger partial charge on any atom is -0.476 e. The van der Waals surface area contributed by atoms with E-state index in [2.05, 4.69) is 14.9 Å². The molecule has 0 unspecified atom stereocenters. The van der Waals surface area contributed by atoms with Crippen LogP contribution in [0.5, 0.6) is 0 Å². The molecule has 0 bridgehead atoms. The molecule has 1 aromatic rings. The Kier molecular flexibility index (Phi) is 2.18. The van der Waals surface area contributed by atoms with Gasteiger partial charge < -0.3 is 15.6 Å². The lowest BCUT2D eigenvalue weighted by Crippen LogP contribution is -2.06. The zero-order valence-electron chi connectivity index (χ0n) is 6.70. The molecule has 0 amide bonds. The molecule has 4 N–H and O–H groups in total. The number of hydrogen-bond donors (Lipinski definition) is 3. The highest BCUT2D eigenvalue weighted by atomic mass is 16.5. The second kappa shape index (κ2) is 3.13. The number of nitrogens with zero attached hydrogens (tertiary/aromatic N) is 1. The monoisotopic (exact) mass is 185 g/mol. The number of aromatic nitrogens is 2. The molecule has 0 aliphatic heterocycles. The van der Waals surface area contributed by atoms with Gasteiger partial charge in [-0.2, -0.15) is 5.10 Å². The molecule has 0 aliphatic rings. The van der Waals surface area contributed by atoms with Crippen molar-refractivity contribution in [3.8, 4) is 0 Å². The summed E-state index contributed by atoms with van der Waals surface area (Å²) in [5.74, 6) is -2.05. The molecule has 70 valence electrons. The number of carboxylic acids is 1. The molecule has 13 heavy (non-hydrogen) atoms. The molecule has 0 saturated heterocycles. The first kappa shape index (κ1) is 9.04. The van der Waals surface area contributed by atoms with Crippen LogP contribution in [0, 0.1) is 0 Å². The molecule has 0 saturated carbocycles. The van der Waals surface area contributed by atoms with Crippen LogP contribution in [-0.2, 0) is 4.74 Å². The molecule has 0 atom stereocenters. The highest BCUT2D eigenvalue weighted by molar-refractivity contribution is 6.00. The fourth-order valence-corrected chi connectivity index (χ4v) is 0.766. The van der Waals surface area contributed by atoms with Gasteiger partial charge in [0.1, 0.15) is 0 Å². The zero-order chi connectivity index (χ0) is 10.0. The quantitative estimate of drug-likeness (QED) is 0.533. The minimum atomic E-state index is -1.28. The van der Waals surface area contributed by atoms with Crippen molar-refractivity contribution >= 4 is 17.6 Å². The summed E-state index contributed by atoms with van der Waals surface area (Å²) in [7, 11) is 1.15. The van der Waals surface area contributed by atoms with Gasteiger partial charge in [0.15, 0.2) is 11.4 Å². The number of carbonyl (C=O) groups is 2. The molecule has 7 nitrogen and oxygen atoms in total. The Balaban J connectivity index is 3.13. The Morgan fingerprint density at radius 1 is 1.62 bits per heavy atom. The number of carboxylic acid groups (broad SMARTS) is 1. The number of H-pyrrole nitrogens is 1. The van der Waals surface area contributed by atoms with Crippen molar-refractivity contribution in [2.75, 3.05) is 12.8 Å². The van der Waals surface area contributed by atoms with E-state index in [0.29, 0.717) is 0 Å². The summed E-state index contributed by atoms with van der Waals surface area (Å²) < 4.78 is 4.32. The van der Waals surface area contributed by atoms with Gasteiger partial charge in [-0.1, -0.05) is 0 Å². The van der Waals surface area contributed by atoms with E-state index >= 15 is 0 Å². The summed E-state index contributed by atoms with van der Waals surface area (Å²) in [6, 6.07) is 0. The van der Waals surface area contributed by atoms with E-state index in [4.69, 9.17) is 10.8 Å². The minimum absolute atomic E-state index is 0.222. The van der Waals surface area contributed by atoms with Gasteiger partial charge in [0.25, 0.3) is 0 Å². The normalized spacial score (nSPS) is 9.62.